The van der Waals surface area contributed by atoms with Gasteiger partial charge in [-0.2, -0.15) is 48.7 Å². The molecule has 0 atom stereocenters. The van der Waals surface area contributed by atoms with Crippen LogP contribution in [0.1, 0.15) is 57.7 Å². The molecule has 0 saturated carbocycles. The molecule has 92 heavy (non-hydrogen) atoms. The van der Waals surface area contributed by atoms with Crippen molar-refractivity contribution in [3.05, 3.63) is 103 Å². The lowest BCUT2D eigenvalue weighted by Gasteiger charge is -1.99. The molecule has 14 N–H and O–H groups in total. The second kappa shape index (κ2) is 29.6. The van der Waals surface area contributed by atoms with E-state index in [0.717, 1.165) is 0 Å². The summed E-state index contributed by atoms with van der Waals surface area (Å²) >= 11 is 0. The highest BCUT2D eigenvalue weighted by Gasteiger charge is 2.17. The molecule has 13 aromatic heterocycles. The third kappa shape index (κ3) is 15.9. The number of hydrogen-bond donors (Lipinski definition) is 14. The van der Waals surface area contributed by atoms with Gasteiger partial charge in [-0.3, -0.25) is 36.3 Å². The van der Waals surface area contributed by atoms with Gasteiger partial charge in [0, 0.05) is 9.82 Å². The first-order valence-electron chi connectivity index (χ1n) is 24.8. The smallest absolute Gasteiger partial charge is 0.272 e. The van der Waals surface area contributed by atoms with Crippen LogP contribution >= 0.6 is 0 Å². The molecule has 0 aliphatic heterocycles. The molecule has 0 aliphatic rings. The maximum absolute atomic E-state index is 9.28. The number of terminal acetylenes is 1. The van der Waals surface area contributed by atoms with Gasteiger partial charge in [0.1, 0.15) is 29.6 Å². The number of hydrogen-bond acceptors (Lipinski definition) is 42. The Morgan fingerprint density at radius 3 is 1.38 bits per heavy atom. The van der Waals surface area contributed by atoms with Gasteiger partial charge in [-0.1, -0.05) is 26.8 Å². The first-order chi connectivity index (χ1) is 45.1. The number of aromatic amines is 6. The summed E-state index contributed by atoms with van der Waals surface area (Å²) in [6.45, 7) is -1.15. The number of aliphatic hydroxyl groups excluding tert-OH is 5. The van der Waals surface area contributed by atoms with Crippen LogP contribution in [0.4, 0.5) is 47.6 Å². The molecular formula is C36H35N51O5. The average molecular weight is 1260 g/mol. The summed E-state index contributed by atoms with van der Waals surface area (Å²) in [5.41, 5.74) is 18.2. The lowest BCUT2D eigenvalue weighted by Crippen LogP contribution is -2.08. The Labute approximate surface area is 502 Å². The highest BCUT2D eigenvalue weighted by atomic mass is 16.3. The molecule has 56 heteroatoms. The maximum Gasteiger partial charge on any atom is 0.272 e. The summed E-state index contributed by atoms with van der Waals surface area (Å²) < 4.78 is 5.20. The van der Waals surface area contributed by atoms with Crippen LogP contribution in [0.2, 0.25) is 0 Å². The Morgan fingerprint density at radius 1 is 0.446 bits per heavy atom. The van der Waals surface area contributed by atoms with E-state index in [0.29, 0.717) is 46.1 Å². The lowest BCUT2D eigenvalue weighted by atomic mass is 10.4. The molecule has 13 heterocycles. The quantitative estimate of drug-likeness (QED) is 0.0130. The van der Waals surface area contributed by atoms with Crippen molar-refractivity contribution in [1.82, 2.24) is 212 Å². The standard InChI is InChI=1S/2C13H13N17O2.C7H5N17.C3H4O/c31-4-6-2-29(27-17-6)12-14-8(19-25-12)1-9-20-23-11(24-21-9)15-10-16-13(26-22-10)30-3-7(5-32)18-28-30;31-4-6-2-14-27-29(6)12-16-8(19-25-12)1-9-20-23-11(24-21-9)17-10-18-13(26-22-10)30-7(5-32)3-15-28-30;8-23-21-5-10-2(13-17-5)1-3-14-18-6(19-15-3)11-4-12-7(20-16-4)22-24-9;1-2-3-4/h2-3,31-32H,1,4-5H2,(H,14,19,25)(H2,15,16,22,23,24,26);2-3,31-32H,1,4-5H2,(H,16,19,25)(H2,17,18,22,23,24,26);1H2,(H,10,13,17)(H2,11,12,16,18,19,20);1,4H,3H2. The van der Waals surface area contributed by atoms with Crippen LogP contribution in [0.25, 0.3) is 44.7 Å². The van der Waals surface area contributed by atoms with Crippen molar-refractivity contribution in [1.29, 1.82) is 0 Å². The summed E-state index contributed by atoms with van der Waals surface area (Å²) in [5.74, 6) is 5.62. The van der Waals surface area contributed by atoms with E-state index in [1.807, 2.05) is 5.92 Å². The Balaban J connectivity index is 0.000000148. The fraction of sp³-hybridized carbons (Fsp3) is 0.222. The van der Waals surface area contributed by atoms with Gasteiger partial charge in [0.05, 0.1) is 81.9 Å². The minimum absolute atomic E-state index is 0.0158. The van der Waals surface area contributed by atoms with E-state index < -0.39 is 0 Å². The summed E-state index contributed by atoms with van der Waals surface area (Å²) in [6, 6.07) is 0. The molecule has 0 amide bonds. The van der Waals surface area contributed by atoms with Crippen LogP contribution in [0.5, 0.6) is 0 Å². The van der Waals surface area contributed by atoms with Crippen LogP contribution < -0.4 is 16.0 Å². The Bertz CT molecular complexity index is 4300. The average Bonchev–Trinajstić information content (AvgIpc) is 1.88. The predicted octanol–water partition coefficient (Wildman–Crippen LogP) is -5.70. The molecule has 13 rings (SSSR count). The zero-order chi connectivity index (χ0) is 64.0. The largest absolute Gasteiger partial charge is 0.390 e. The van der Waals surface area contributed by atoms with Crippen LogP contribution in [0.3, 0.4) is 0 Å². The Kier molecular flexibility index (Phi) is 19.5. The summed E-state index contributed by atoms with van der Waals surface area (Å²) in [5, 5.41) is 175. The first kappa shape index (κ1) is 60.7. The van der Waals surface area contributed by atoms with E-state index in [1.165, 1.54) is 43.5 Å². The van der Waals surface area contributed by atoms with Crippen molar-refractivity contribution in [2.24, 2.45) is 10.2 Å². The predicted molar refractivity (Wildman–Crippen MR) is 286 cm³/mol. The van der Waals surface area contributed by atoms with E-state index in [-0.39, 0.29) is 135 Å². The van der Waals surface area contributed by atoms with Gasteiger partial charge in [-0.15, -0.1) is 113 Å². The lowest BCUT2D eigenvalue weighted by molar-refractivity contribution is 0.272. The fourth-order valence-electron chi connectivity index (χ4n) is 6.46. The molecule has 56 nitrogen and oxygen atoms in total. The van der Waals surface area contributed by atoms with Gasteiger partial charge in [0.15, 0.2) is 23.3 Å². The van der Waals surface area contributed by atoms with Crippen molar-refractivity contribution < 1.29 is 25.5 Å². The van der Waals surface area contributed by atoms with Crippen LogP contribution in [-0.2, 0) is 45.7 Å². The molecule has 0 saturated heterocycles. The van der Waals surface area contributed by atoms with E-state index in [9.17, 15) is 10.2 Å². The zero-order valence-electron chi connectivity index (χ0n) is 45.6. The van der Waals surface area contributed by atoms with Crippen molar-refractivity contribution in [2.75, 3.05) is 22.6 Å². The number of nitrogens with one attached hydrogen (secondary N) is 9. The van der Waals surface area contributed by atoms with Gasteiger partial charge in [-0.25, -0.2) is 15.2 Å². The van der Waals surface area contributed by atoms with E-state index in [2.05, 4.69) is 236 Å². The van der Waals surface area contributed by atoms with Crippen LogP contribution in [-0.4, -0.2) is 244 Å². The molecule has 464 valence electrons. The van der Waals surface area contributed by atoms with Crippen molar-refractivity contribution >= 4 is 47.6 Å². The number of nitrogens with zero attached hydrogens (tertiary/aromatic N) is 42. The fourth-order valence-corrected chi connectivity index (χ4v) is 6.46. The van der Waals surface area contributed by atoms with Crippen LogP contribution in [0, 0.1) is 12.3 Å². The third-order valence-corrected chi connectivity index (χ3v) is 10.3. The second-order valence-corrected chi connectivity index (χ2v) is 16.5. The molecule has 13 aromatic rings. The molecule has 0 spiro atoms. The van der Waals surface area contributed by atoms with Crippen molar-refractivity contribution in [3.8, 4) is 36.1 Å². The van der Waals surface area contributed by atoms with E-state index >= 15 is 0 Å². The number of aromatic nitrogens is 42. The van der Waals surface area contributed by atoms with Crippen LogP contribution in [0.15, 0.2) is 35.0 Å². The molecule has 0 aromatic carbocycles. The summed E-state index contributed by atoms with van der Waals surface area (Å²) in [7, 11) is 0. The van der Waals surface area contributed by atoms with E-state index in [1.54, 1.807) is 0 Å². The van der Waals surface area contributed by atoms with E-state index in [4.69, 9.17) is 26.4 Å². The van der Waals surface area contributed by atoms with Crippen molar-refractivity contribution in [3.63, 3.8) is 0 Å². The molecule has 0 bridgehead atoms. The number of rotatable bonds is 22. The summed E-state index contributed by atoms with van der Waals surface area (Å²) in [4.78, 5) is 29.7. The normalized spacial score (nSPS) is 10.6. The molecule has 0 aliphatic carbocycles. The SMILES string of the molecule is C#CCO.OCc1cn(-c2n[nH]c(Cc3nnc(Nc4nc(-n5cc(CO)nn5)n[nH]4)nn3)n2)nn1.OCc1cnnn1-c1n[nH]c(Cc2nnc(Nc3nc(-n4nncc4CO)n[nH]3)nn2)n1.[N-]=[N+]=Nc1nc(Cc2nnc(Nc3n[nH]c(N=[N+]=[N-])n3)nn2)n[nH]1. The number of aliphatic hydroxyl groups is 5. The molecular weight excluding hydrogens is 1230 g/mol. The second-order valence-electron chi connectivity index (χ2n) is 16.5. The minimum Gasteiger partial charge on any atom is -0.390 e. The first-order valence-corrected chi connectivity index (χ1v) is 24.8. The van der Waals surface area contributed by atoms with Gasteiger partial charge in [0.25, 0.3) is 41.6 Å². The van der Waals surface area contributed by atoms with Gasteiger partial charge >= 0.3 is 0 Å². The number of anilines is 6. The highest BCUT2D eigenvalue weighted by molar-refractivity contribution is 5.43. The Hall–Kier alpha value is -14.4. The molecule has 0 fully saturated rings. The monoisotopic (exact) mass is 1260 g/mol. The van der Waals surface area contributed by atoms with Gasteiger partial charge in [0.2, 0.25) is 29.7 Å². The topological polar surface area (TPSA) is 762 Å². The zero-order valence-corrected chi connectivity index (χ0v) is 45.6. The highest BCUT2D eigenvalue weighted by Crippen LogP contribution is 2.14. The number of azide groups is 2. The van der Waals surface area contributed by atoms with Gasteiger partial charge < -0.3 is 25.5 Å². The molecule has 0 unspecified atom stereocenters. The number of H-pyrrole nitrogens is 6. The van der Waals surface area contributed by atoms with Gasteiger partial charge in [-0.05, 0) is 21.3 Å². The summed E-state index contributed by atoms with van der Waals surface area (Å²) in [6.07, 6.45) is 10.8. The minimum atomic E-state index is -0.267. The Morgan fingerprint density at radius 2 is 0.880 bits per heavy atom. The molecule has 0 radical (unpaired) electrons. The maximum atomic E-state index is 9.28. The van der Waals surface area contributed by atoms with Crippen molar-refractivity contribution in [2.45, 2.75) is 45.7 Å². The third-order valence-electron chi connectivity index (χ3n) is 10.3.